The van der Waals surface area contributed by atoms with Gasteiger partial charge in [0.1, 0.15) is 0 Å². The molecule has 0 spiro atoms. The van der Waals surface area contributed by atoms with Crippen molar-refractivity contribution < 1.29 is 14.4 Å². The molecule has 2 heterocycles. The Morgan fingerprint density at radius 2 is 1.68 bits per heavy atom. The molecule has 7 heteroatoms. The van der Waals surface area contributed by atoms with E-state index in [4.69, 9.17) is 5.73 Å². The van der Waals surface area contributed by atoms with E-state index < -0.39 is 0 Å². The van der Waals surface area contributed by atoms with Crippen LogP contribution in [0.15, 0.2) is 0 Å². The van der Waals surface area contributed by atoms with Gasteiger partial charge < -0.3 is 16.0 Å². The summed E-state index contributed by atoms with van der Waals surface area (Å²) >= 11 is 0. The van der Waals surface area contributed by atoms with Crippen LogP contribution in [0.4, 0.5) is 0 Å². The van der Waals surface area contributed by atoms with Crippen molar-refractivity contribution in [3.8, 4) is 0 Å². The molecule has 2 atom stereocenters. The smallest absolute Gasteiger partial charge is 0.236 e. The van der Waals surface area contributed by atoms with E-state index in [2.05, 4.69) is 10.2 Å². The van der Waals surface area contributed by atoms with Gasteiger partial charge >= 0.3 is 0 Å². The third-order valence-electron chi connectivity index (χ3n) is 5.67. The SMILES string of the molecule is NC(=O)C1CCCN(C(=O)CN2CCCC(C(=O)NCC3CC3)C2)C1. The lowest BCUT2D eigenvalue weighted by atomic mass is 9.96. The number of primary amides is 1. The topological polar surface area (TPSA) is 95.7 Å². The number of nitrogens with two attached hydrogens (primary N) is 1. The van der Waals surface area contributed by atoms with Crippen molar-refractivity contribution in [2.24, 2.45) is 23.5 Å². The Bertz CT molecular complexity index is 520. The highest BCUT2D eigenvalue weighted by atomic mass is 16.2. The number of piperidine rings is 2. The zero-order chi connectivity index (χ0) is 17.8. The summed E-state index contributed by atoms with van der Waals surface area (Å²) in [7, 11) is 0. The molecule has 1 saturated carbocycles. The van der Waals surface area contributed by atoms with Gasteiger partial charge in [0, 0.05) is 26.2 Å². The molecular formula is C18H30N4O3. The van der Waals surface area contributed by atoms with Crippen LogP contribution in [0.2, 0.25) is 0 Å². The van der Waals surface area contributed by atoms with Crippen LogP contribution in [0.25, 0.3) is 0 Å². The molecular weight excluding hydrogens is 320 g/mol. The molecule has 0 aromatic carbocycles. The van der Waals surface area contributed by atoms with Gasteiger partial charge in [0.2, 0.25) is 17.7 Å². The van der Waals surface area contributed by atoms with Crippen LogP contribution in [0.5, 0.6) is 0 Å². The molecule has 1 aliphatic carbocycles. The Morgan fingerprint density at radius 3 is 2.40 bits per heavy atom. The highest BCUT2D eigenvalue weighted by molar-refractivity contribution is 5.82. The first kappa shape index (κ1) is 18.2. The summed E-state index contributed by atoms with van der Waals surface area (Å²) < 4.78 is 0. The second kappa shape index (κ2) is 8.17. The van der Waals surface area contributed by atoms with Crippen LogP contribution in [-0.2, 0) is 14.4 Å². The number of hydrogen-bond acceptors (Lipinski definition) is 4. The van der Waals surface area contributed by atoms with E-state index in [9.17, 15) is 14.4 Å². The van der Waals surface area contributed by atoms with Gasteiger partial charge in [0.25, 0.3) is 0 Å². The molecule has 25 heavy (non-hydrogen) atoms. The van der Waals surface area contributed by atoms with Crippen LogP contribution in [-0.4, -0.2) is 66.8 Å². The fourth-order valence-electron chi connectivity index (χ4n) is 3.85. The van der Waals surface area contributed by atoms with Gasteiger partial charge in [-0.05, 0) is 51.0 Å². The van der Waals surface area contributed by atoms with E-state index in [-0.39, 0.29) is 29.6 Å². The van der Waals surface area contributed by atoms with Gasteiger partial charge in [-0.25, -0.2) is 0 Å². The Labute approximate surface area is 149 Å². The molecule has 0 aromatic heterocycles. The van der Waals surface area contributed by atoms with E-state index >= 15 is 0 Å². The molecule has 3 rings (SSSR count). The quantitative estimate of drug-likeness (QED) is 0.702. The molecule has 2 saturated heterocycles. The highest BCUT2D eigenvalue weighted by Crippen LogP contribution is 2.28. The molecule has 140 valence electrons. The second-order valence-electron chi connectivity index (χ2n) is 7.84. The first-order valence-electron chi connectivity index (χ1n) is 9.60. The molecule has 3 fully saturated rings. The van der Waals surface area contributed by atoms with Crippen molar-refractivity contribution in [3.05, 3.63) is 0 Å². The number of likely N-dealkylation sites (tertiary alicyclic amines) is 2. The van der Waals surface area contributed by atoms with Gasteiger partial charge in [-0.15, -0.1) is 0 Å². The first-order valence-corrected chi connectivity index (χ1v) is 9.60. The molecule has 0 aromatic rings. The Kier molecular flexibility index (Phi) is 5.93. The number of amides is 3. The van der Waals surface area contributed by atoms with Crippen LogP contribution in [0, 0.1) is 17.8 Å². The molecule has 3 N–H and O–H groups in total. The number of carbonyl (C=O) groups excluding carboxylic acids is 3. The minimum absolute atomic E-state index is 0.0139. The third kappa shape index (κ3) is 5.17. The monoisotopic (exact) mass is 350 g/mol. The van der Waals surface area contributed by atoms with E-state index in [1.807, 2.05) is 0 Å². The Balaban J connectivity index is 1.45. The lowest BCUT2D eigenvalue weighted by Gasteiger charge is -2.35. The summed E-state index contributed by atoms with van der Waals surface area (Å²) in [6, 6.07) is 0. The van der Waals surface area contributed by atoms with Gasteiger partial charge in [-0.3, -0.25) is 19.3 Å². The zero-order valence-corrected chi connectivity index (χ0v) is 14.9. The summed E-state index contributed by atoms with van der Waals surface area (Å²) in [5, 5.41) is 3.06. The van der Waals surface area contributed by atoms with E-state index in [0.29, 0.717) is 32.1 Å². The summed E-state index contributed by atoms with van der Waals surface area (Å²) in [4.78, 5) is 40.1. The van der Waals surface area contributed by atoms with Crippen LogP contribution in [0.1, 0.15) is 38.5 Å². The predicted molar refractivity (Wildman–Crippen MR) is 93.4 cm³/mol. The van der Waals surface area contributed by atoms with Crippen molar-refractivity contribution in [2.75, 3.05) is 39.3 Å². The van der Waals surface area contributed by atoms with Crippen LogP contribution in [0.3, 0.4) is 0 Å². The Morgan fingerprint density at radius 1 is 0.960 bits per heavy atom. The van der Waals surface area contributed by atoms with Crippen molar-refractivity contribution in [1.29, 1.82) is 0 Å². The van der Waals surface area contributed by atoms with E-state index in [1.54, 1.807) is 4.90 Å². The molecule has 2 aliphatic heterocycles. The van der Waals surface area contributed by atoms with Gasteiger partial charge in [-0.2, -0.15) is 0 Å². The summed E-state index contributed by atoms with van der Waals surface area (Å²) in [5.74, 6) is 0.311. The van der Waals surface area contributed by atoms with Crippen molar-refractivity contribution >= 4 is 17.7 Å². The molecule has 3 amide bonds. The maximum atomic E-state index is 12.6. The van der Waals surface area contributed by atoms with Gasteiger partial charge in [-0.1, -0.05) is 0 Å². The fraction of sp³-hybridized carbons (Fsp3) is 0.833. The molecule has 0 radical (unpaired) electrons. The molecule has 2 unspecified atom stereocenters. The highest BCUT2D eigenvalue weighted by Gasteiger charge is 2.31. The number of nitrogens with one attached hydrogen (secondary N) is 1. The molecule has 3 aliphatic rings. The molecule has 7 nitrogen and oxygen atoms in total. The lowest BCUT2D eigenvalue weighted by molar-refractivity contribution is -0.137. The van der Waals surface area contributed by atoms with Crippen LogP contribution >= 0.6 is 0 Å². The summed E-state index contributed by atoms with van der Waals surface area (Å²) in [5.41, 5.74) is 5.39. The standard InChI is InChI=1S/C18H30N4O3/c19-17(24)14-3-2-8-22(11-14)16(23)12-21-7-1-4-15(10-21)18(25)20-9-13-5-6-13/h13-15H,1-12H2,(H2,19,24)(H,20,25). The average molecular weight is 350 g/mol. The van der Waals surface area contributed by atoms with Crippen molar-refractivity contribution in [1.82, 2.24) is 15.1 Å². The first-order chi connectivity index (χ1) is 12.0. The normalized spacial score (nSPS) is 27.8. The maximum absolute atomic E-state index is 12.6. The maximum Gasteiger partial charge on any atom is 0.236 e. The van der Waals surface area contributed by atoms with E-state index in [1.165, 1.54) is 12.8 Å². The van der Waals surface area contributed by atoms with Crippen molar-refractivity contribution in [2.45, 2.75) is 38.5 Å². The van der Waals surface area contributed by atoms with E-state index in [0.717, 1.165) is 38.8 Å². The van der Waals surface area contributed by atoms with Gasteiger partial charge in [0.05, 0.1) is 18.4 Å². The average Bonchev–Trinajstić information content (AvgIpc) is 3.44. The predicted octanol–water partition coefficient (Wildman–Crippen LogP) is -0.0515. The summed E-state index contributed by atoms with van der Waals surface area (Å²) in [6.45, 7) is 3.77. The fourth-order valence-corrected chi connectivity index (χ4v) is 3.85. The third-order valence-corrected chi connectivity index (χ3v) is 5.67. The number of nitrogens with zero attached hydrogens (tertiary/aromatic N) is 2. The van der Waals surface area contributed by atoms with Crippen molar-refractivity contribution in [3.63, 3.8) is 0 Å². The Hall–Kier alpha value is -1.63. The number of rotatable bonds is 6. The number of carbonyl (C=O) groups is 3. The largest absolute Gasteiger partial charge is 0.369 e. The lowest BCUT2D eigenvalue weighted by Crippen LogP contribution is -2.50. The summed E-state index contributed by atoms with van der Waals surface area (Å²) in [6.07, 6.45) is 5.90. The minimum Gasteiger partial charge on any atom is -0.369 e. The van der Waals surface area contributed by atoms with Crippen LogP contribution < -0.4 is 11.1 Å². The minimum atomic E-state index is -0.317. The zero-order valence-electron chi connectivity index (χ0n) is 14.9. The number of hydrogen-bond donors (Lipinski definition) is 2. The molecule has 0 bridgehead atoms. The second-order valence-corrected chi connectivity index (χ2v) is 7.84. The van der Waals surface area contributed by atoms with Gasteiger partial charge in [0.15, 0.2) is 0 Å².